The normalized spacial score (nSPS) is 12.1. The highest BCUT2D eigenvalue weighted by Crippen LogP contribution is 2.30. The van der Waals surface area contributed by atoms with E-state index >= 15 is 0 Å². The number of alkyl carbamates (subject to hydrolysis) is 1. The van der Waals surface area contributed by atoms with Crippen LogP contribution in [0.2, 0.25) is 0 Å². The molecule has 0 saturated heterocycles. The van der Waals surface area contributed by atoms with Crippen LogP contribution in [0.25, 0.3) is 0 Å². The number of nitrogens with one attached hydrogen (secondary N) is 1. The number of ether oxygens (including phenoxy) is 4. The van der Waals surface area contributed by atoms with Gasteiger partial charge < -0.3 is 47.2 Å². The predicted octanol–water partition coefficient (Wildman–Crippen LogP) is 2.21. The molecule has 3 amide bonds. The highest BCUT2D eigenvalue weighted by atomic mass is 16.6. The molecule has 0 aromatic heterocycles. The van der Waals surface area contributed by atoms with Crippen molar-refractivity contribution in [1.82, 2.24) is 10.2 Å². The zero-order chi connectivity index (χ0) is 39.3. The van der Waals surface area contributed by atoms with E-state index < -0.39 is 48.0 Å². The minimum Gasteiger partial charge on any atom is -0.467 e. The molecule has 17 heteroatoms. The molecule has 9 N–H and O–H groups in total. The van der Waals surface area contributed by atoms with Gasteiger partial charge in [0.2, 0.25) is 5.54 Å². The molecule has 0 aliphatic carbocycles. The number of methoxy groups -OCH3 is 1. The second-order valence-corrected chi connectivity index (χ2v) is 11.7. The Balaban J connectivity index is 2.13. The van der Waals surface area contributed by atoms with E-state index in [1.54, 1.807) is 91.0 Å². The Morgan fingerprint density at radius 3 is 1.61 bits per heavy atom. The highest BCUT2D eigenvalue weighted by Gasteiger charge is 2.59. The molecule has 0 radical (unpaired) electrons. The van der Waals surface area contributed by atoms with E-state index in [1.165, 1.54) is 0 Å². The number of hydrogen-bond donors (Lipinski definition) is 5. The van der Waals surface area contributed by atoms with E-state index in [-0.39, 0.29) is 64.1 Å². The summed E-state index contributed by atoms with van der Waals surface area (Å²) < 4.78 is 21.7. The largest absolute Gasteiger partial charge is 0.467 e. The number of guanidine groups is 2. The van der Waals surface area contributed by atoms with Crippen LogP contribution in [0.15, 0.2) is 101 Å². The average Bonchev–Trinajstić information content (AvgIpc) is 3.18. The summed E-state index contributed by atoms with van der Waals surface area (Å²) in [6.45, 7) is -0.979. The van der Waals surface area contributed by atoms with Crippen LogP contribution in [0.4, 0.5) is 9.59 Å². The number of hydrogen-bond acceptors (Lipinski definition) is 11. The molecule has 0 heterocycles. The molecule has 0 bridgehead atoms. The van der Waals surface area contributed by atoms with E-state index in [0.29, 0.717) is 21.6 Å². The van der Waals surface area contributed by atoms with Gasteiger partial charge >= 0.3 is 24.1 Å². The maximum absolute atomic E-state index is 14.8. The molecular formula is C37H46N8O9. The first-order valence-electron chi connectivity index (χ1n) is 16.9. The van der Waals surface area contributed by atoms with Crippen LogP contribution in [-0.2, 0) is 53.2 Å². The Kier molecular flexibility index (Phi) is 16.7. The van der Waals surface area contributed by atoms with Crippen LogP contribution < -0.4 is 28.3 Å². The zero-order valence-corrected chi connectivity index (χ0v) is 29.9. The molecule has 2 atom stereocenters. The molecule has 3 aromatic carbocycles. The molecular weight excluding hydrogens is 700 g/mol. The zero-order valence-electron chi connectivity index (χ0n) is 29.9. The fraction of sp³-hybridized carbons (Fsp3) is 0.324. The lowest BCUT2D eigenvalue weighted by atomic mass is 9.89. The van der Waals surface area contributed by atoms with E-state index in [2.05, 4.69) is 15.3 Å². The molecule has 3 aromatic rings. The van der Waals surface area contributed by atoms with Gasteiger partial charge in [0.15, 0.2) is 11.9 Å². The molecule has 3 rings (SSSR count). The van der Waals surface area contributed by atoms with Crippen LogP contribution >= 0.6 is 0 Å². The molecule has 0 aliphatic heterocycles. The van der Waals surface area contributed by atoms with Crippen LogP contribution in [0.3, 0.4) is 0 Å². The first-order chi connectivity index (χ1) is 26.0. The third-order valence-corrected chi connectivity index (χ3v) is 7.80. The number of rotatable bonds is 19. The molecule has 54 heavy (non-hydrogen) atoms. The van der Waals surface area contributed by atoms with E-state index in [0.717, 1.165) is 7.11 Å². The number of imide groups is 1. The standard InChI is InChI=1S/C37H46N8O9/c1-51-31(47)37(20-12-22-43-34(40)41,32(48)52-23-26-13-5-2-6-14-26)45(36(50)54-25-28-17-9-4-10-18-28)30(46)29(19-11-21-42-33(38)39)44-35(49)53-24-27-15-7-3-8-16-27/h2-10,13-18,29H,11-12,19-25H2,1H3,(H,44,49)(H4,38,39,42)(H4,40,41,43)/t29-,37-/m0/s1. The van der Waals surface area contributed by atoms with Crippen molar-refractivity contribution in [2.75, 3.05) is 20.2 Å². The number of nitrogens with zero attached hydrogens (tertiary/aromatic N) is 3. The maximum atomic E-state index is 14.8. The Morgan fingerprint density at radius 2 is 1.13 bits per heavy atom. The van der Waals surface area contributed by atoms with Crippen molar-refractivity contribution >= 4 is 42.0 Å². The van der Waals surface area contributed by atoms with Crippen molar-refractivity contribution in [3.63, 3.8) is 0 Å². The number of nitrogens with two attached hydrogens (primary N) is 4. The SMILES string of the molecule is COC(=O)[C@@](CCCN=C(N)N)(C(=O)OCc1ccccc1)N(C(=O)OCc1ccccc1)C(=O)[C@H](CCCN=C(N)N)NC(=O)OCc1ccccc1. The van der Waals surface area contributed by atoms with Crippen LogP contribution in [0.5, 0.6) is 0 Å². The first-order valence-corrected chi connectivity index (χ1v) is 16.9. The maximum Gasteiger partial charge on any atom is 0.418 e. The van der Waals surface area contributed by atoms with Gasteiger partial charge in [0.05, 0.1) is 7.11 Å². The van der Waals surface area contributed by atoms with E-state index in [4.69, 9.17) is 41.9 Å². The summed E-state index contributed by atoms with van der Waals surface area (Å²) in [4.78, 5) is 78.8. The topological polar surface area (TPSA) is 266 Å². The lowest BCUT2D eigenvalue weighted by molar-refractivity contribution is -0.178. The molecule has 0 spiro atoms. The van der Waals surface area contributed by atoms with E-state index in [1.807, 2.05) is 0 Å². The van der Waals surface area contributed by atoms with Crippen molar-refractivity contribution < 1.29 is 42.9 Å². The van der Waals surface area contributed by atoms with Gasteiger partial charge in [-0.3, -0.25) is 14.8 Å². The quantitative estimate of drug-likeness (QED) is 0.0295. The van der Waals surface area contributed by atoms with Crippen molar-refractivity contribution in [2.45, 2.75) is 57.1 Å². The van der Waals surface area contributed by atoms with Gasteiger partial charge in [0.25, 0.3) is 5.91 Å². The van der Waals surface area contributed by atoms with Gasteiger partial charge in [-0.1, -0.05) is 91.0 Å². The summed E-state index contributed by atoms with van der Waals surface area (Å²) in [6, 6.07) is 24.1. The molecule has 288 valence electrons. The average molecular weight is 747 g/mol. The number of carbonyl (C=O) groups excluding carboxylic acids is 5. The third kappa shape index (κ3) is 12.8. The van der Waals surface area contributed by atoms with Gasteiger partial charge in [-0.25, -0.2) is 24.1 Å². The lowest BCUT2D eigenvalue weighted by Crippen LogP contribution is -2.67. The summed E-state index contributed by atoms with van der Waals surface area (Å²) in [5.74, 6) is -4.37. The highest BCUT2D eigenvalue weighted by molar-refractivity contribution is 6.13. The van der Waals surface area contributed by atoms with Gasteiger partial charge in [-0.2, -0.15) is 0 Å². The minimum atomic E-state index is -2.80. The van der Waals surface area contributed by atoms with Gasteiger partial charge in [0.1, 0.15) is 25.9 Å². The molecule has 0 aliphatic rings. The predicted molar refractivity (Wildman–Crippen MR) is 198 cm³/mol. The number of aliphatic imine (C=N–C) groups is 2. The summed E-state index contributed by atoms with van der Waals surface area (Å²) in [5.41, 5.74) is 20.9. The Labute approximate surface area is 312 Å². The van der Waals surface area contributed by atoms with E-state index in [9.17, 15) is 24.0 Å². The summed E-state index contributed by atoms with van der Waals surface area (Å²) in [6.07, 6.45) is -3.27. The van der Waals surface area contributed by atoms with Gasteiger partial charge in [-0.05, 0) is 42.4 Å². The minimum absolute atomic E-state index is 0.0189. The summed E-state index contributed by atoms with van der Waals surface area (Å²) in [5, 5.41) is 2.46. The van der Waals surface area contributed by atoms with Crippen LogP contribution in [0.1, 0.15) is 42.4 Å². The van der Waals surface area contributed by atoms with Crippen molar-refractivity contribution in [3.8, 4) is 0 Å². The number of esters is 2. The van der Waals surface area contributed by atoms with Gasteiger partial charge in [0, 0.05) is 13.1 Å². The Bertz CT molecular complexity index is 1740. The second kappa shape index (κ2) is 21.7. The molecule has 0 saturated carbocycles. The van der Waals surface area contributed by atoms with Crippen molar-refractivity contribution in [3.05, 3.63) is 108 Å². The molecule has 17 nitrogen and oxygen atoms in total. The fourth-order valence-electron chi connectivity index (χ4n) is 5.18. The smallest absolute Gasteiger partial charge is 0.418 e. The number of amides is 3. The molecule has 0 unspecified atom stereocenters. The fourth-order valence-corrected chi connectivity index (χ4v) is 5.18. The first kappa shape index (κ1) is 41.8. The third-order valence-electron chi connectivity index (χ3n) is 7.80. The Hall–Kier alpha value is -6.65. The van der Waals surface area contributed by atoms with Crippen molar-refractivity contribution in [2.24, 2.45) is 32.9 Å². The Morgan fingerprint density at radius 1 is 0.667 bits per heavy atom. The second-order valence-electron chi connectivity index (χ2n) is 11.7. The molecule has 0 fully saturated rings. The number of carbonyl (C=O) groups is 5. The summed E-state index contributed by atoms with van der Waals surface area (Å²) in [7, 11) is 0.974. The number of benzene rings is 3. The van der Waals surface area contributed by atoms with Gasteiger partial charge in [-0.15, -0.1) is 0 Å². The summed E-state index contributed by atoms with van der Waals surface area (Å²) >= 11 is 0. The van der Waals surface area contributed by atoms with Crippen LogP contribution in [0, 0.1) is 0 Å². The monoisotopic (exact) mass is 746 g/mol. The lowest BCUT2D eigenvalue weighted by Gasteiger charge is -2.38. The van der Waals surface area contributed by atoms with Crippen LogP contribution in [-0.4, -0.2) is 78.6 Å². The van der Waals surface area contributed by atoms with Crippen molar-refractivity contribution in [1.29, 1.82) is 0 Å².